The predicted octanol–water partition coefficient (Wildman–Crippen LogP) is 1.49. The molecular formula is C20H33N3O4. The van der Waals surface area contributed by atoms with Gasteiger partial charge in [0.25, 0.3) is 0 Å². The molecule has 5 rings (SSSR count). The fourth-order valence-corrected chi connectivity index (χ4v) is 6.35. The summed E-state index contributed by atoms with van der Waals surface area (Å²) >= 11 is 0. The summed E-state index contributed by atoms with van der Waals surface area (Å²) < 4.78 is 5.73. The summed E-state index contributed by atoms with van der Waals surface area (Å²) in [6.07, 6.45) is 6.84. The number of carbonyl (C=O) groups is 2. The number of likely N-dealkylation sites (N-methyl/N-ethyl adjacent to an activating group) is 1. The lowest BCUT2D eigenvalue weighted by molar-refractivity contribution is -0.138. The third-order valence-corrected chi connectivity index (χ3v) is 7.26. The van der Waals surface area contributed by atoms with E-state index in [9.17, 15) is 9.59 Å². The summed E-state index contributed by atoms with van der Waals surface area (Å²) in [5, 5.41) is 12.1. The Morgan fingerprint density at radius 2 is 1.81 bits per heavy atom. The minimum atomic E-state index is -0.849. The molecular weight excluding hydrogens is 346 g/mol. The van der Waals surface area contributed by atoms with Crippen molar-refractivity contribution < 1.29 is 19.4 Å². The molecule has 0 aromatic rings. The summed E-state index contributed by atoms with van der Waals surface area (Å²) in [5.41, 5.74) is 0. The third kappa shape index (κ3) is 4.40. The van der Waals surface area contributed by atoms with Gasteiger partial charge in [0.1, 0.15) is 0 Å². The zero-order valence-electron chi connectivity index (χ0n) is 16.3. The number of morpholine rings is 1. The second-order valence-electron chi connectivity index (χ2n) is 9.31. The van der Waals surface area contributed by atoms with Crippen LogP contribution < -0.4 is 5.32 Å². The number of carboxylic acids is 1. The van der Waals surface area contributed by atoms with Gasteiger partial charge >= 0.3 is 12.0 Å². The molecule has 27 heavy (non-hydrogen) atoms. The fraction of sp³-hybridized carbons (Fsp3) is 0.900. The second kappa shape index (κ2) is 7.95. The largest absolute Gasteiger partial charge is 0.480 e. The van der Waals surface area contributed by atoms with Crippen molar-refractivity contribution >= 4 is 12.0 Å². The molecule has 1 atom stereocenters. The monoisotopic (exact) mass is 379 g/mol. The van der Waals surface area contributed by atoms with E-state index >= 15 is 0 Å². The van der Waals surface area contributed by atoms with Gasteiger partial charge < -0.3 is 20.1 Å². The fourth-order valence-electron chi connectivity index (χ4n) is 6.35. The highest BCUT2D eigenvalue weighted by atomic mass is 16.5. The van der Waals surface area contributed by atoms with Crippen LogP contribution in [0.15, 0.2) is 0 Å². The van der Waals surface area contributed by atoms with E-state index in [0.717, 1.165) is 30.2 Å². The maximum Gasteiger partial charge on any atom is 0.317 e. The zero-order chi connectivity index (χ0) is 19.0. The molecule has 2 N–H and O–H groups in total. The standard InChI is InChI=1S/C20H33N3O4/c1-22(12-19(24)25)10-17-11-23(2-3-27-17)20(26)21-9-18-15-5-13-4-14(7-15)8-16(18)6-13/h13-18H,2-12H2,1H3,(H,21,26)(H,24,25). The highest BCUT2D eigenvalue weighted by molar-refractivity contribution is 5.74. The molecule has 1 aliphatic heterocycles. The van der Waals surface area contributed by atoms with Crippen LogP contribution in [0.2, 0.25) is 0 Å². The molecule has 5 aliphatic rings. The van der Waals surface area contributed by atoms with Crippen LogP contribution in [-0.2, 0) is 9.53 Å². The highest BCUT2D eigenvalue weighted by Crippen LogP contribution is 2.56. The number of urea groups is 1. The Balaban J connectivity index is 1.24. The van der Waals surface area contributed by atoms with E-state index in [0.29, 0.717) is 32.2 Å². The Hall–Kier alpha value is -1.34. The van der Waals surface area contributed by atoms with Crippen molar-refractivity contribution in [2.45, 2.75) is 38.2 Å². The molecule has 0 aromatic heterocycles. The maximum atomic E-state index is 12.7. The maximum absolute atomic E-state index is 12.7. The van der Waals surface area contributed by atoms with Gasteiger partial charge in [0, 0.05) is 26.2 Å². The lowest BCUT2D eigenvalue weighted by Gasteiger charge is -2.54. The number of rotatable bonds is 6. The van der Waals surface area contributed by atoms with E-state index in [-0.39, 0.29) is 18.7 Å². The average molecular weight is 380 g/mol. The Labute approximate surface area is 161 Å². The summed E-state index contributed by atoms with van der Waals surface area (Å²) in [6.45, 7) is 2.96. The number of ether oxygens (including phenoxy) is 1. The van der Waals surface area contributed by atoms with Crippen molar-refractivity contribution in [2.75, 3.05) is 46.4 Å². The third-order valence-electron chi connectivity index (χ3n) is 7.26. The average Bonchev–Trinajstić information content (AvgIpc) is 2.59. The van der Waals surface area contributed by atoms with E-state index in [4.69, 9.17) is 9.84 Å². The molecule has 4 bridgehead atoms. The van der Waals surface area contributed by atoms with Crippen molar-refractivity contribution in [2.24, 2.45) is 29.6 Å². The van der Waals surface area contributed by atoms with Gasteiger partial charge in [0.15, 0.2) is 0 Å². The Kier molecular flexibility index (Phi) is 5.60. The van der Waals surface area contributed by atoms with Gasteiger partial charge in [-0.25, -0.2) is 4.79 Å². The van der Waals surface area contributed by atoms with Gasteiger partial charge in [-0.1, -0.05) is 0 Å². The lowest BCUT2D eigenvalue weighted by atomic mass is 9.52. The van der Waals surface area contributed by atoms with Gasteiger partial charge in [-0.05, 0) is 68.7 Å². The minimum Gasteiger partial charge on any atom is -0.480 e. The number of carboxylic acid groups (broad SMARTS) is 1. The van der Waals surface area contributed by atoms with Gasteiger partial charge in [-0.2, -0.15) is 0 Å². The summed E-state index contributed by atoms with van der Waals surface area (Å²) in [7, 11) is 1.77. The second-order valence-corrected chi connectivity index (χ2v) is 9.31. The highest BCUT2D eigenvalue weighted by Gasteiger charge is 2.48. The van der Waals surface area contributed by atoms with Gasteiger partial charge in [0.2, 0.25) is 0 Å². The SMILES string of the molecule is CN(CC(=O)O)CC1CN(C(=O)NCC2C3CC4CC(C3)CC2C4)CCO1. The van der Waals surface area contributed by atoms with Crippen LogP contribution in [0, 0.1) is 29.6 Å². The number of carbonyl (C=O) groups excluding carboxylic acids is 1. The quantitative estimate of drug-likeness (QED) is 0.731. The Morgan fingerprint density at radius 3 is 2.44 bits per heavy atom. The normalized spacial score (nSPS) is 37.6. The van der Waals surface area contributed by atoms with Crippen molar-refractivity contribution in [3.8, 4) is 0 Å². The zero-order valence-corrected chi connectivity index (χ0v) is 16.3. The van der Waals surface area contributed by atoms with Gasteiger partial charge in [-0.3, -0.25) is 9.69 Å². The number of amides is 2. The van der Waals surface area contributed by atoms with Crippen LogP contribution in [0.3, 0.4) is 0 Å². The number of nitrogens with zero attached hydrogens (tertiary/aromatic N) is 2. The topological polar surface area (TPSA) is 82.1 Å². The van der Waals surface area contributed by atoms with Crippen molar-refractivity contribution in [1.29, 1.82) is 0 Å². The first kappa shape index (κ1) is 19.0. The number of nitrogens with one attached hydrogen (secondary N) is 1. The molecule has 4 saturated carbocycles. The molecule has 2 amide bonds. The van der Waals surface area contributed by atoms with Crippen molar-refractivity contribution in [3.63, 3.8) is 0 Å². The van der Waals surface area contributed by atoms with Crippen LogP contribution in [0.4, 0.5) is 4.79 Å². The van der Waals surface area contributed by atoms with Crippen LogP contribution in [0.1, 0.15) is 32.1 Å². The molecule has 0 aromatic carbocycles. The van der Waals surface area contributed by atoms with Gasteiger partial charge in [-0.15, -0.1) is 0 Å². The molecule has 7 heteroatoms. The predicted molar refractivity (Wildman–Crippen MR) is 100 cm³/mol. The van der Waals surface area contributed by atoms with Gasteiger partial charge in [0.05, 0.1) is 19.3 Å². The molecule has 4 aliphatic carbocycles. The van der Waals surface area contributed by atoms with Crippen molar-refractivity contribution in [3.05, 3.63) is 0 Å². The number of hydrogen-bond donors (Lipinski definition) is 2. The first-order valence-corrected chi connectivity index (χ1v) is 10.5. The Bertz CT molecular complexity index is 541. The molecule has 5 fully saturated rings. The summed E-state index contributed by atoms with van der Waals surface area (Å²) in [4.78, 5) is 27.1. The molecule has 7 nitrogen and oxygen atoms in total. The van der Waals surface area contributed by atoms with Crippen LogP contribution in [0.5, 0.6) is 0 Å². The van der Waals surface area contributed by atoms with Crippen LogP contribution in [-0.4, -0.2) is 79.4 Å². The number of aliphatic carboxylic acids is 1. The summed E-state index contributed by atoms with van der Waals surface area (Å²) in [6, 6.07) is 0.0120. The van der Waals surface area contributed by atoms with Crippen LogP contribution >= 0.6 is 0 Å². The van der Waals surface area contributed by atoms with E-state index in [1.165, 1.54) is 32.1 Å². The van der Waals surface area contributed by atoms with E-state index in [2.05, 4.69) is 5.32 Å². The molecule has 0 spiro atoms. The van der Waals surface area contributed by atoms with Crippen molar-refractivity contribution in [1.82, 2.24) is 15.1 Å². The first-order valence-electron chi connectivity index (χ1n) is 10.5. The Morgan fingerprint density at radius 1 is 1.15 bits per heavy atom. The summed E-state index contributed by atoms with van der Waals surface area (Å²) in [5.74, 6) is 3.38. The molecule has 152 valence electrons. The molecule has 1 heterocycles. The van der Waals surface area contributed by atoms with E-state index < -0.39 is 5.97 Å². The molecule has 1 unspecified atom stereocenters. The minimum absolute atomic E-state index is 0.0120. The smallest absolute Gasteiger partial charge is 0.317 e. The molecule has 1 saturated heterocycles. The lowest BCUT2D eigenvalue weighted by Crippen LogP contribution is -2.54. The first-order chi connectivity index (χ1) is 13.0. The number of hydrogen-bond acceptors (Lipinski definition) is 4. The van der Waals surface area contributed by atoms with Crippen LogP contribution in [0.25, 0.3) is 0 Å². The van der Waals surface area contributed by atoms with E-state index in [1.807, 2.05) is 4.90 Å². The van der Waals surface area contributed by atoms with E-state index in [1.54, 1.807) is 11.9 Å². The molecule has 0 radical (unpaired) electrons.